The van der Waals surface area contributed by atoms with Crippen LogP contribution >= 0.6 is 0 Å². The molecule has 12 heteroatoms. The van der Waals surface area contributed by atoms with Gasteiger partial charge in [0.2, 0.25) is 5.91 Å². The molecule has 0 aliphatic rings. The zero-order valence-corrected chi connectivity index (χ0v) is 22.6. The molecule has 0 aromatic heterocycles. The maximum absolute atomic E-state index is 12.0. The first-order chi connectivity index (χ1) is 16.3. The van der Waals surface area contributed by atoms with Gasteiger partial charge in [0.15, 0.2) is 5.96 Å². The van der Waals surface area contributed by atoms with Crippen LogP contribution in [0.1, 0.15) is 62.5 Å². The number of aliphatic imine (C=N–C) groups is 1. The Kier molecular flexibility index (Phi) is 18.8. The number of nitrogens with one attached hydrogen (secondary N) is 3. The molecule has 11 nitrogen and oxygen atoms in total. The molecule has 0 spiro atoms. The number of carbonyl (C=O) groups is 3. The van der Waals surface area contributed by atoms with E-state index in [9.17, 15) is 19.5 Å². The number of nitrogens with zero attached hydrogens (tertiary/aromatic N) is 1. The molecule has 0 saturated carbocycles. The van der Waals surface area contributed by atoms with Crippen LogP contribution < -0.4 is 62.2 Å². The fourth-order valence-electron chi connectivity index (χ4n) is 3.43. The van der Waals surface area contributed by atoms with Crippen molar-refractivity contribution in [1.29, 1.82) is 0 Å². The number of unbranched alkanes of at least 4 members (excludes halogenated alkanes) is 3. The number of hydrogen-bond acceptors (Lipinski definition) is 7. The Balaban J connectivity index is 0.0000116. The van der Waals surface area contributed by atoms with Crippen molar-refractivity contribution >= 4 is 23.7 Å². The molecule has 0 aliphatic carbocycles. The van der Waals surface area contributed by atoms with E-state index < -0.39 is 24.3 Å². The van der Waals surface area contributed by atoms with Gasteiger partial charge in [-0.2, -0.15) is 0 Å². The molecule has 190 valence electrons. The maximum Gasteiger partial charge on any atom is 1.00 e. The summed E-state index contributed by atoms with van der Waals surface area (Å²) in [5, 5.41) is 25.0. The van der Waals surface area contributed by atoms with Crippen LogP contribution in [0.3, 0.4) is 0 Å². The third-order valence-electron chi connectivity index (χ3n) is 5.26. The Labute approximate surface area is 228 Å². The molecule has 1 unspecified atom stereocenters. The average molecular weight is 501 g/mol. The number of nitrogens with two attached hydrogens (primary N) is 2. The Morgan fingerprint density at radius 1 is 0.971 bits per heavy atom. The van der Waals surface area contributed by atoms with Gasteiger partial charge in [0.05, 0.1) is 6.54 Å². The van der Waals surface area contributed by atoms with E-state index in [1.165, 1.54) is 11.0 Å². The molecule has 35 heavy (non-hydrogen) atoms. The standard InChI is InChI=1S/C23H38N6O5.Na/c24-23(25)27-16-18-10-5-4-9-17(18)8-3-1-2-6-14-26-15-7-11-20(30)28-19(22(33)29-34)12-13-21(31)32;/h4-5,9-10,19,26,34H,1-3,6-8,11-16H2,(H,28,30)(H,29,33)(H,31,32)(H4,24,25,27);/q;+1/p-1. The summed E-state index contributed by atoms with van der Waals surface area (Å²) in [4.78, 5) is 38.1. The average Bonchev–Trinajstić information content (AvgIpc) is 2.81. The van der Waals surface area contributed by atoms with Crippen molar-refractivity contribution in [2.75, 3.05) is 13.1 Å². The molecule has 1 atom stereocenters. The molecular weight excluding hydrogens is 463 g/mol. The zero-order chi connectivity index (χ0) is 25.2. The fourth-order valence-corrected chi connectivity index (χ4v) is 3.43. The predicted molar refractivity (Wildman–Crippen MR) is 126 cm³/mol. The number of carboxylic acid groups (broad SMARTS) is 1. The summed E-state index contributed by atoms with van der Waals surface area (Å²) in [6.07, 6.45) is 5.52. The van der Waals surface area contributed by atoms with Gasteiger partial charge >= 0.3 is 29.6 Å². The van der Waals surface area contributed by atoms with E-state index in [-0.39, 0.29) is 54.3 Å². The number of aryl methyl sites for hydroxylation is 1. The first kappa shape index (κ1) is 32.8. The molecule has 1 rings (SSSR count). The molecular formula is C23H37N6NaO5. The van der Waals surface area contributed by atoms with Gasteiger partial charge in [0.25, 0.3) is 5.91 Å². The maximum atomic E-state index is 12.0. The molecule has 2 amide bonds. The van der Waals surface area contributed by atoms with Crippen LogP contribution in [-0.2, 0) is 27.3 Å². The number of carbonyl (C=O) groups excluding carboxylic acids is 3. The second-order valence-electron chi connectivity index (χ2n) is 8.03. The van der Waals surface area contributed by atoms with Crippen molar-refractivity contribution < 1.29 is 54.3 Å². The number of carboxylic acids is 1. The summed E-state index contributed by atoms with van der Waals surface area (Å²) < 4.78 is 0. The van der Waals surface area contributed by atoms with Crippen LogP contribution in [0.15, 0.2) is 29.3 Å². The summed E-state index contributed by atoms with van der Waals surface area (Å²) in [7, 11) is 0. The van der Waals surface area contributed by atoms with Gasteiger partial charge in [-0.3, -0.25) is 14.8 Å². The summed E-state index contributed by atoms with van der Waals surface area (Å²) in [6.45, 7) is 2.00. The monoisotopic (exact) mass is 500 g/mol. The number of amides is 2. The van der Waals surface area contributed by atoms with Crippen molar-refractivity contribution in [3.05, 3.63) is 35.4 Å². The van der Waals surface area contributed by atoms with Crippen LogP contribution in [0, 0.1) is 0 Å². The number of guanidine groups is 1. The van der Waals surface area contributed by atoms with Crippen LogP contribution in [0.5, 0.6) is 0 Å². The van der Waals surface area contributed by atoms with Crippen molar-refractivity contribution in [1.82, 2.24) is 16.1 Å². The molecule has 0 bridgehead atoms. The number of aliphatic carboxylic acids is 1. The smallest absolute Gasteiger partial charge is 0.550 e. The van der Waals surface area contributed by atoms with Crippen molar-refractivity contribution in [2.45, 2.75) is 70.4 Å². The molecule has 0 radical (unpaired) electrons. The van der Waals surface area contributed by atoms with E-state index >= 15 is 0 Å². The number of hydroxylamine groups is 1. The summed E-state index contributed by atoms with van der Waals surface area (Å²) in [5.74, 6) is -2.48. The fraction of sp³-hybridized carbons (Fsp3) is 0.565. The van der Waals surface area contributed by atoms with Gasteiger partial charge < -0.3 is 32.0 Å². The Bertz CT molecular complexity index is 804. The van der Waals surface area contributed by atoms with Gasteiger partial charge in [0.1, 0.15) is 6.04 Å². The van der Waals surface area contributed by atoms with Crippen LogP contribution in [0.2, 0.25) is 0 Å². The summed E-state index contributed by atoms with van der Waals surface area (Å²) >= 11 is 0. The topological polar surface area (TPSA) is 195 Å². The number of hydrogen-bond donors (Lipinski definition) is 6. The molecule has 0 fully saturated rings. The van der Waals surface area contributed by atoms with Gasteiger partial charge in [-0.05, 0) is 62.7 Å². The van der Waals surface area contributed by atoms with Crippen molar-refractivity contribution in [3.63, 3.8) is 0 Å². The van der Waals surface area contributed by atoms with Gasteiger partial charge in [-0.1, -0.05) is 37.1 Å². The van der Waals surface area contributed by atoms with E-state index in [1.807, 2.05) is 18.2 Å². The molecule has 0 saturated heterocycles. The quantitative estimate of drug-likeness (QED) is 0.0298. The van der Waals surface area contributed by atoms with Crippen LogP contribution in [0.25, 0.3) is 0 Å². The zero-order valence-electron chi connectivity index (χ0n) is 20.6. The molecule has 8 N–H and O–H groups in total. The van der Waals surface area contributed by atoms with E-state index in [2.05, 4.69) is 21.7 Å². The van der Waals surface area contributed by atoms with E-state index in [4.69, 9.17) is 16.7 Å². The summed E-state index contributed by atoms with van der Waals surface area (Å²) in [5.41, 5.74) is 14.7. The molecule has 0 aliphatic heterocycles. The van der Waals surface area contributed by atoms with Crippen LogP contribution in [-0.4, -0.2) is 48.1 Å². The van der Waals surface area contributed by atoms with Gasteiger partial charge in [-0.15, -0.1) is 0 Å². The molecule has 1 aromatic carbocycles. The SMILES string of the molecule is NC(N)=NCc1ccccc1CCCCCCNCCCC(=O)NC(CCC(=O)[O-])C(=O)NO.[Na+]. The van der Waals surface area contributed by atoms with Crippen molar-refractivity contribution in [2.24, 2.45) is 16.5 Å². The van der Waals surface area contributed by atoms with Gasteiger partial charge in [-0.25, -0.2) is 10.5 Å². The Morgan fingerprint density at radius 2 is 1.63 bits per heavy atom. The minimum atomic E-state index is -1.33. The van der Waals surface area contributed by atoms with Crippen LogP contribution in [0.4, 0.5) is 0 Å². The molecule has 0 heterocycles. The third kappa shape index (κ3) is 16.2. The first-order valence-electron chi connectivity index (χ1n) is 11.6. The Hall–Kier alpha value is -2.18. The summed E-state index contributed by atoms with van der Waals surface area (Å²) in [6, 6.07) is 7.05. The minimum Gasteiger partial charge on any atom is -0.550 e. The van der Waals surface area contributed by atoms with E-state index in [1.54, 1.807) is 0 Å². The molecule has 1 aromatic rings. The number of rotatable bonds is 18. The second-order valence-corrected chi connectivity index (χ2v) is 8.03. The number of benzene rings is 1. The second kappa shape index (κ2) is 20.1. The normalized spacial score (nSPS) is 11.1. The largest absolute Gasteiger partial charge is 1.00 e. The minimum absolute atomic E-state index is 0. The Morgan fingerprint density at radius 3 is 2.29 bits per heavy atom. The van der Waals surface area contributed by atoms with Crippen molar-refractivity contribution in [3.8, 4) is 0 Å². The van der Waals surface area contributed by atoms with E-state index in [0.29, 0.717) is 19.5 Å². The predicted octanol–water partition coefficient (Wildman–Crippen LogP) is -3.54. The van der Waals surface area contributed by atoms with Gasteiger partial charge in [0, 0.05) is 12.4 Å². The van der Waals surface area contributed by atoms with E-state index in [0.717, 1.165) is 44.2 Å². The first-order valence-corrected chi connectivity index (χ1v) is 11.6. The third-order valence-corrected chi connectivity index (χ3v) is 5.26.